The summed E-state index contributed by atoms with van der Waals surface area (Å²) in [5, 5.41) is 0. The molecule has 0 bridgehead atoms. The highest BCUT2D eigenvalue weighted by molar-refractivity contribution is 7.86. The van der Waals surface area contributed by atoms with E-state index in [2.05, 4.69) is 8.37 Å². The second-order valence-electron chi connectivity index (χ2n) is 5.31. The van der Waals surface area contributed by atoms with Gasteiger partial charge in [0.1, 0.15) is 0 Å². The number of piperazine rings is 1. The van der Waals surface area contributed by atoms with Gasteiger partial charge in [0.2, 0.25) is 11.8 Å². The van der Waals surface area contributed by atoms with Gasteiger partial charge in [-0.1, -0.05) is 0 Å². The van der Waals surface area contributed by atoms with Crippen molar-refractivity contribution in [1.82, 2.24) is 9.80 Å². The summed E-state index contributed by atoms with van der Waals surface area (Å²) in [6.45, 7) is 0.902. The van der Waals surface area contributed by atoms with Crippen LogP contribution < -0.4 is 12.4 Å². The Balaban J connectivity index is 0. The van der Waals surface area contributed by atoms with Crippen molar-refractivity contribution >= 4 is 32.1 Å². The smallest absolute Gasteiger partial charge is 1.00 e. The van der Waals surface area contributed by atoms with Crippen molar-refractivity contribution in [2.75, 3.05) is 51.9 Å². The van der Waals surface area contributed by atoms with E-state index in [1.54, 1.807) is 0 Å². The Morgan fingerprint density at radius 2 is 1.08 bits per heavy atom. The molecular weight excluding hydrogens is 400 g/mol. The normalized spacial score (nSPS) is 15.6. The molecule has 0 aliphatic carbocycles. The van der Waals surface area contributed by atoms with E-state index in [1.165, 1.54) is 9.80 Å². The zero-order valence-corrected chi connectivity index (χ0v) is 16.4. The number of hydrogen-bond acceptors (Lipinski definition) is 8. The van der Waals surface area contributed by atoms with Gasteiger partial charge in [0, 0.05) is 26.2 Å². The van der Waals surface area contributed by atoms with Gasteiger partial charge in [0.15, 0.2) is 0 Å². The Bertz CT molecular complexity index is 605. The molecule has 1 aliphatic heterocycles. The number of rotatable bonds is 8. The van der Waals surface area contributed by atoms with E-state index in [1.807, 2.05) is 0 Å². The van der Waals surface area contributed by atoms with Crippen LogP contribution in [0.5, 0.6) is 0 Å². The topological polar surface area (TPSA) is 127 Å². The van der Waals surface area contributed by atoms with Gasteiger partial charge >= 0.3 is 1.43 Å². The highest BCUT2D eigenvalue weighted by atomic mass is 35.5. The zero-order valence-electron chi connectivity index (χ0n) is 15.0. The third-order valence-corrected chi connectivity index (χ3v) is 4.40. The predicted molar refractivity (Wildman–Crippen MR) is 85.1 cm³/mol. The number of halogens is 1. The summed E-state index contributed by atoms with van der Waals surface area (Å²) in [5.74, 6) is -0.489. The van der Waals surface area contributed by atoms with E-state index in [4.69, 9.17) is 0 Å². The van der Waals surface area contributed by atoms with Crippen molar-refractivity contribution in [1.29, 1.82) is 0 Å². The molecule has 0 aromatic carbocycles. The second kappa shape index (κ2) is 10.3. The van der Waals surface area contributed by atoms with E-state index < -0.39 is 20.2 Å². The van der Waals surface area contributed by atoms with Crippen LogP contribution in [0.3, 0.4) is 0 Å². The van der Waals surface area contributed by atoms with Gasteiger partial charge in [-0.25, -0.2) is 0 Å². The molecule has 10 nitrogen and oxygen atoms in total. The fourth-order valence-electron chi connectivity index (χ4n) is 2.08. The fraction of sp³-hybridized carbons (Fsp3) is 0.833. The Hall–Kier alpha value is -0.950. The Morgan fingerprint density at radius 3 is 1.32 bits per heavy atom. The number of nitrogens with zero attached hydrogens (tertiary/aromatic N) is 2. The van der Waals surface area contributed by atoms with E-state index >= 15 is 0 Å². The van der Waals surface area contributed by atoms with Gasteiger partial charge in [-0.15, -0.1) is 0 Å². The fourth-order valence-corrected chi connectivity index (χ4v) is 2.85. The lowest BCUT2D eigenvalue weighted by atomic mass is 10.2. The molecule has 0 aromatic rings. The lowest BCUT2D eigenvalue weighted by molar-refractivity contribution is -0.140. The van der Waals surface area contributed by atoms with E-state index in [-0.39, 0.29) is 51.7 Å². The SMILES string of the molecule is CS(=O)(=O)OCCC(=O)N1CCN(C(=O)CCOS(C)(=O)=O)CC1.[Cl-].[H+]. The van der Waals surface area contributed by atoms with Crippen LogP contribution in [0.4, 0.5) is 0 Å². The summed E-state index contributed by atoms with van der Waals surface area (Å²) < 4.78 is 52.3. The van der Waals surface area contributed by atoms with Crippen molar-refractivity contribution in [3.8, 4) is 0 Å². The molecule has 13 heteroatoms. The molecule has 1 aliphatic rings. The molecule has 1 rings (SSSR count). The van der Waals surface area contributed by atoms with E-state index in [9.17, 15) is 26.4 Å². The summed E-state index contributed by atoms with van der Waals surface area (Å²) in [4.78, 5) is 26.9. The van der Waals surface area contributed by atoms with Crippen molar-refractivity contribution in [2.45, 2.75) is 12.8 Å². The number of hydrogen-bond donors (Lipinski definition) is 0. The van der Waals surface area contributed by atoms with Crippen LogP contribution in [0.2, 0.25) is 0 Å². The lowest BCUT2D eigenvalue weighted by Gasteiger charge is -2.34. The highest BCUT2D eigenvalue weighted by Crippen LogP contribution is 2.06. The quantitative estimate of drug-likeness (QED) is 0.358. The molecule has 0 spiro atoms. The van der Waals surface area contributed by atoms with Crippen LogP contribution in [-0.2, 0) is 38.2 Å². The minimum Gasteiger partial charge on any atom is -1.00 e. The monoisotopic (exact) mass is 422 g/mol. The Morgan fingerprint density at radius 1 is 0.800 bits per heavy atom. The first-order valence-electron chi connectivity index (χ1n) is 7.22. The summed E-state index contributed by atoms with van der Waals surface area (Å²) in [6, 6.07) is 0. The number of amides is 2. The molecule has 1 heterocycles. The van der Waals surface area contributed by atoms with Crippen molar-refractivity contribution < 1.29 is 48.6 Å². The Kier molecular flexibility index (Phi) is 9.87. The molecular formula is C12H23ClN2O8S2. The summed E-state index contributed by atoms with van der Waals surface area (Å²) in [6.07, 6.45) is 1.72. The van der Waals surface area contributed by atoms with Crippen LogP contribution in [0.25, 0.3) is 0 Å². The molecule has 1 saturated heterocycles. The zero-order chi connectivity index (χ0) is 18.4. The third-order valence-electron chi connectivity index (χ3n) is 3.21. The van der Waals surface area contributed by atoms with Gasteiger partial charge in [-0.2, -0.15) is 16.8 Å². The average Bonchev–Trinajstić information content (AvgIpc) is 2.44. The van der Waals surface area contributed by atoms with Crippen molar-refractivity contribution in [3.05, 3.63) is 0 Å². The minimum absolute atomic E-state index is 0. The van der Waals surface area contributed by atoms with Crippen molar-refractivity contribution in [2.24, 2.45) is 0 Å². The first-order chi connectivity index (χ1) is 11.0. The molecule has 0 saturated carbocycles. The molecule has 0 radical (unpaired) electrons. The summed E-state index contributed by atoms with van der Waals surface area (Å²) in [5.41, 5.74) is 0. The molecule has 0 atom stereocenters. The maximum absolute atomic E-state index is 11.9. The van der Waals surface area contributed by atoms with Gasteiger partial charge in [0.25, 0.3) is 20.2 Å². The maximum atomic E-state index is 11.9. The number of carbonyl (C=O) groups is 2. The molecule has 148 valence electrons. The van der Waals surface area contributed by atoms with Gasteiger partial charge in [-0.3, -0.25) is 18.0 Å². The van der Waals surface area contributed by atoms with Crippen molar-refractivity contribution in [3.63, 3.8) is 0 Å². The standard InChI is InChI=1S/C12H22N2O8S2.ClH/c1-23(17,18)21-9-3-11(15)13-5-7-14(8-6-13)12(16)4-10-22-24(2,19)20;/h3-10H2,1-2H3;1H. The Labute approximate surface area is 155 Å². The van der Waals surface area contributed by atoms with Crippen LogP contribution in [0, 0.1) is 0 Å². The van der Waals surface area contributed by atoms with Crippen LogP contribution >= 0.6 is 0 Å². The van der Waals surface area contributed by atoms with Crippen LogP contribution in [0.1, 0.15) is 14.3 Å². The van der Waals surface area contributed by atoms with Gasteiger partial charge in [0.05, 0.1) is 38.6 Å². The number of carbonyl (C=O) groups excluding carboxylic acids is 2. The van der Waals surface area contributed by atoms with E-state index in [0.29, 0.717) is 26.2 Å². The molecule has 1 fully saturated rings. The first kappa shape index (κ1) is 24.1. The third kappa shape index (κ3) is 10.6. The highest BCUT2D eigenvalue weighted by Gasteiger charge is 2.24. The largest absolute Gasteiger partial charge is 1.00 e. The van der Waals surface area contributed by atoms with Gasteiger partial charge < -0.3 is 22.2 Å². The molecule has 0 N–H and O–H groups in total. The molecule has 2 amide bonds. The molecule has 0 aromatic heterocycles. The summed E-state index contributed by atoms with van der Waals surface area (Å²) >= 11 is 0. The lowest BCUT2D eigenvalue weighted by Crippen LogP contribution is -3.00. The predicted octanol–water partition coefficient (Wildman–Crippen LogP) is -4.49. The average molecular weight is 423 g/mol. The van der Waals surface area contributed by atoms with Crippen LogP contribution in [0.15, 0.2) is 0 Å². The second-order valence-corrected chi connectivity index (χ2v) is 8.60. The van der Waals surface area contributed by atoms with Crippen LogP contribution in [-0.4, -0.2) is 90.4 Å². The van der Waals surface area contributed by atoms with Gasteiger partial charge in [-0.05, 0) is 0 Å². The minimum atomic E-state index is -3.57. The van der Waals surface area contributed by atoms with E-state index in [0.717, 1.165) is 12.5 Å². The molecule has 25 heavy (non-hydrogen) atoms. The molecule has 0 unspecified atom stereocenters. The first-order valence-corrected chi connectivity index (χ1v) is 10.9. The maximum Gasteiger partial charge on any atom is 1.00 e. The summed E-state index contributed by atoms with van der Waals surface area (Å²) in [7, 11) is -7.14.